The normalized spacial score (nSPS) is 28.3. The van der Waals surface area contributed by atoms with E-state index >= 15 is 0 Å². The molecule has 5 rings (SSSR count). The predicted octanol–water partition coefficient (Wildman–Crippen LogP) is 4.64. The molecule has 1 aliphatic heterocycles. The second-order valence-corrected chi connectivity index (χ2v) is 8.25. The molecule has 2 aromatic carbocycles. The lowest BCUT2D eigenvalue weighted by Crippen LogP contribution is -2.33. The summed E-state index contributed by atoms with van der Waals surface area (Å²) in [7, 11) is 0. The lowest BCUT2D eigenvalue weighted by molar-refractivity contribution is -0.384. The highest BCUT2D eigenvalue weighted by Gasteiger charge is 2.62. The lowest BCUT2D eigenvalue weighted by atomic mass is 9.85. The van der Waals surface area contributed by atoms with E-state index in [-0.39, 0.29) is 40.0 Å². The standard InChI is InChI=1S/C23H17ClN2O4/c1-12(13-5-3-2-4-6-13)19-15-8-9-16(19)21-20(15)22(27)25(23(21)28)18-11-14(26(29)30)7-10-17(18)24/h2-11,15-16,20-21H,1H3/t15-,16-,20-,21+/m1/s1. The number of nitrogens with zero attached hydrogens (tertiary/aromatic N) is 2. The maximum Gasteiger partial charge on any atom is 0.271 e. The summed E-state index contributed by atoms with van der Waals surface area (Å²) in [6, 6.07) is 13.7. The van der Waals surface area contributed by atoms with E-state index in [0.29, 0.717) is 0 Å². The van der Waals surface area contributed by atoms with Crippen LogP contribution in [0.5, 0.6) is 0 Å². The SMILES string of the molecule is CC(=C1[C@H]2C=C[C@H]1[C@H]1C(=O)N(c3cc([N+](=O)[O-])ccc3Cl)C(=O)[C@H]12)c1ccccc1. The van der Waals surface area contributed by atoms with Crippen LogP contribution in [0, 0.1) is 33.8 Å². The molecule has 3 aliphatic rings. The van der Waals surface area contributed by atoms with Gasteiger partial charge >= 0.3 is 0 Å². The van der Waals surface area contributed by atoms with Gasteiger partial charge in [0.25, 0.3) is 5.69 Å². The van der Waals surface area contributed by atoms with E-state index in [2.05, 4.69) is 0 Å². The fourth-order valence-electron chi connectivity index (χ4n) is 5.14. The number of rotatable bonds is 3. The molecular weight excluding hydrogens is 404 g/mol. The Morgan fingerprint density at radius 3 is 2.17 bits per heavy atom. The van der Waals surface area contributed by atoms with E-state index in [9.17, 15) is 19.7 Å². The molecule has 0 spiro atoms. The molecule has 2 aromatic rings. The largest absolute Gasteiger partial charge is 0.274 e. The Hall–Kier alpha value is -3.25. The fraction of sp³-hybridized carbons (Fsp3) is 0.217. The number of nitro groups is 1. The number of allylic oxidation sites excluding steroid dienone is 4. The molecule has 0 radical (unpaired) electrons. The quantitative estimate of drug-likeness (QED) is 0.313. The van der Waals surface area contributed by atoms with Crippen molar-refractivity contribution in [3.8, 4) is 0 Å². The zero-order chi connectivity index (χ0) is 21.2. The van der Waals surface area contributed by atoms with Gasteiger partial charge in [0.1, 0.15) is 0 Å². The number of halogens is 1. The van der Waals surface area contributed by atoms with Crippen molar-refractivity contribution in [1.29, 1.82) is 0 Å². The van der Waals surface area contributed by atoms with Gasteiger partial charge in [-0.2, -0.15) is 0 Å². The summed E-state index contributed by atoms with van der Waals surface area (Å²) in [6.07, 6.45) is 4.02. The summed E-state index contributed by atoms with van der Waals surface area (Å²) in [5.74, 6) is -2.00. The van der Waals surface area contributed by atoms with Crippen LogP contribution in [0.25, 0.3) is 5.57 Å². The maximum absolute atomic E-state index is 13.3. The Bertz CT molecular complexity index is 1140. The van der Waals surface area contributed by atoms with Crippen LogP contribution in [-0.4, -0.2) is 16.7 Å². The number of non-ortho nitro benzene ring substituents is 1. The van der Waals surface area contributed by atoms with Crippen LogP contribution < -0.4 is 4.90 Å². The number of carbonyl (C=O) groups excluding carboxylic acids is 2. The van der Waals surface area contributed by atoms with Crippen molar-refractivity contribution in [2.45, 2.75) is 6.92 Å². The maximum atomic E-state index is 13.3. The second kappa shape index (κ2) is 6.64. The van der Waals surface area contributed by atoms with Gasteiger partial charge in [0.05, 0.1) is 27.5 Å². The molecule has 0 aromatic heterocycles. The highest BCUT2D eigenvalue weighted by Crippen LogP contribution is 2.58. The van der Waals surface area contributed by atoms with E-state index in [1.807, 2.05) is 49.4 Å². The minimum absolute atomic E-state index is 0.0833. The average Bonchev–Trinajstić information content (AvgIpc) is 3.38. The molecule has 2 aliphatic carbocycles. The second-order valence-electron chi connectivity index (χ2n) is 7.84. The molecule has 2 fully saturated rings. The fourth-order valence-corrected chi connectivity index (χ4v) is 5.34. The smallest absolute Gasteiger partial charge is 0.271 e. The molecule has 2 bridgehead atoms. The van der Waals surface area contributed by atoms with Gasteiger partial charge in [0.2, 0.25) is 11.8 Å². The van der Waals surface area contributed by atoms with Gasteiger partial charge in [0.15, 0.2) is 0 Å². The Morgan fingerprint density at radius 2 is 1.60 bits per heavy atom. The van der Waals surface area contributed by atoms with Crippen molar-refractivity contribution in [3.63, 3.8) is 0 Å². The summed E-state index contributed by atoms with van der Waals surface area (Å²) >= 11 is 6.22. The number of hydrogen-bond donors (Lipinski definition) is 0. The zero-order valence-corrected chi connectivity index (χ0v) is 16.7. The summed E-state index contributed by atoms with van der Waals surface area (Å²) in [5, 5.41) is 11.3. The molecule has 30 heavy (non-hydrogen) atoms. The van der Waals surface area contributed by atoms with Crippen molar-refractivity contribution < 1.29 is 14.5 Å². The summed E-state index contributed by atoms with van der Waals surface area (Å²) in [6.45, 7) is 2.03. The first-order valence-corrected chi connectivity index (χ1v) is 10.0. The van der Waals surface area contributed by atoms with Crippen molar-refractivity contribution in [2.24, 2.45) is 23.7 Å². The first-order valence-electron chi connectivity index (χ1n) is 9.66. The number of benzene rings is 2. The number of hydrogen-bond acceptors (Lipinski definition) is 4. The van der Waals surface area contributed by atoms with Crippen LogP contribution in [0.1, 0.15) is 12.5 Å². The number of imide groups is 1. The Balaban J connectivity index is 1.56. The molecule has 0 unspecified atom stereocenters. The molecule has 7 heteroatoms. The van der Waals surface area contributed by atoms with E-state index in [4.69, 9.17) is 11.6 Å². The Morgan fingerprint density at radius 1 is 1.00 bits per heavy atom. The average molecular weight is 421 g/mol. The summed E-state index contributed by atoms with van der Waals surface area (Å²) in [5.41, 5.74) is 3.14. The van der Waals surface area contributed by atoms with E-state index in [0.717, 1.165) is 21.6 Å². The van der Waals surface area contributed by atoms with Crippen LogP contribution in [0.15, 0.2) is 66.3 Å². The molecule has 4 atom stereocenters. The van der Waals surface area contributed by atoms with Gasteiger partial charge in [0, 0.05) is 24.0 Å². The predicted molar refractivity (Wildman–Crippen MR) is 113 cm³/mol. The van der Waals surface area contributed by atoms with Crippen molar-refractivity contribution in [1.82, 2.24) is 0 Å². The number of anilines is 1. The minimum atomic E-state index is -0.568. The Kier molecular flexibility index (Phi) is 4.15. The van der Waals surface area contributed by atoms with E-state index < -0.39 is 16.8 Å². The first kappa shape index (κ1) is 18.8. The molecule has 150 valence electrons. The highest BCUT2D eigenvalue weighted by atomic mass is 35.5. The molecular formula is C23H17ClN2O4. The van der Waals surface area contributed by atoms with Crippen molar-refractivity contribution in [2.75, 3.05) is 4.90 Å². The third-order valence-electron chi connectivity index (χ3n) is 6.44. The van der Waals surface area contributed by atoms with Gasteiger partial charge in [-0.25, -0.2) is 4.90 Å². The molecule has 6 nitrogen and oxygen atoms in total. The Labute approximate surface area is 177 Å². The van der Waals surface area contributed by atoms with Crippen molar-refractivity contribution in [3.05, 3.63) is 87.0 Å². The lowest BCUT2D eigenvalue weighted by Gasteiger charge is -2.20. The number of nitro benzene ring substituents is 1. The minimum Gasteiger partial charge on any atom is -0.274 e. The number of carbonyl (C=O) groups is 2. The molecule has 0 N–H and O–H groups in total. The van der Waals surface area contributed by atoms with Crippen LogP contribution >= 0.6 is 11.6 Å². The van der Waals surface area contributed by atoms with Crippen LogP contribution in [-0.2, 0) is 9.59 Å². The van der Waals surface area contributed by atoms with Crippen LogP contribution in [0.4, 0.5) is 11.4 Å². The topological polar surface area (TPSA) is 80.5 Å². The molecule has 2 amide bonds. The van der Waals surface area contributed by atoms with E-state index in [1.165, 1.54) is 18.2 Å². The molecule has 1 heterocycles. The van der Waals surface area contributed by atoms with Crippen molar-refractivity contribution >= 4 is 40.4 Å². The van der Waals surface area contributed by atoms with Crippen LogP contribution in [0.2, 0.25) is 5.02 Å². The van der Waals surface area contributed by atoms with E-state index in [1.54, 1.807) is 0 Å². The van der Waals surface area contributed by atoms with Gasteiger partial charge in [-0.3, -0.25) is 19.7 Å². The third kappa shape index (κ3) is 2.50. The molecule has 1 saturated carbocycles. The third-order valence-corrected chi connectivity index (χ3v) is 6.76. The zero-order valence-electron chi connectivity index (χ0n) is 16.0. The van der Waals surface area contributed by atoms with Gasteiger partial charge in [-0.05, 0) is 24.1 Å². The van der Waals surface area contributed by atoms with Gasteiger partial charge < -0.3 is 0 Å². The number of amides is 2. The number of fused-ring (bicyclic) bond motifs is 5. The first-order chi connectivity index (χ1) is 14.4. The highest BCUT2D eigenvalue weighted by molar-refractivity contribution is 6.36. The van der Waals surface area contributed by atoms with Gasteiger partial charge in [-0.1, -0.05) is 59.7 Å². The van der Waals surface area contributed by atoms with Crippen LogP contribution in [0.3, 0.4) is 0 Å². The summed E-state index contributed by atoms with van der Waals surface area (Å²) in [4.78, 5) is 38.3. The monoisotopic (exact) mass is 420 g/mol. The van der Waals surface area contributed by atoms with Gasteiger partial charge in [-0.15, -0.1) is 0 Å². The summed E-state index contributed by atoms with van der Waals surface area (Å²) < 4.78 is 0. The molecule has 1 saturated heterocycles.